The second-order valence-electron chi connectivity index (χ2n) is 4.89. The number of likely N-dealkylation sites (N-methyl/N-ethyl adjacent to an activating group) is 1. The minimum atomic E-state index is 0.583. The molecule has 2 rings (SSSR count). The number of rotatable bonds is 5. The lowest BCUT2D eigenvalue weighted by Crippen LogP contribution is -2.43. The van der Waals surface area contributed by atoms with Crippen LogP contribution in [-0.4, -0.2) is 31.1 Å². The van der Waals surface area contributed by atoms with Crippen LogP contribution in [-0.2, 0) is 13.0 Å². The predicted molar refractivity (Wildman–Crippen MR) is 73.1 cm³/mol. The van der Waals surface area contributed by atoms with Crippen LogP contribution in [0.25, 0.3) is 0 Å². The van der Waals surface area contributed by atoms with Gasteiger partial charge in [0.1, 0.15) is 0 Å². The first-order valence-corrected chi connectivity index (χ1v) is 6.39. The molecule has 1 aromatic carbocycles. The van der Waals surface area contributed by atoms with Gasteiger partial charge in [-0.1, -0.05) is 30.3 Å². The summed E-state index contributed by atoms with van der Waals surface area (Å²) >= 11 is 0. The molecule has 1 unspecified atom stereocenters. The molecule has 0 saturated heterocycles. The topological polar surface area (TPSA) is 15.3 Å². The number of nitrogens with zero attached hydrogens (tertiary/aromatic N) is 1. The second kappa shape index (κ2) is 5.99. The molecule has 0 amide bonds. The van der Waals surface area contributed by atoms with Crippen LogP contribution >= 0.6 is 0 Å². The van der Waals surface area contributed by atoms with E-state index in [9.17, 15) is 0 Å². The summed E-state index contributed by atoms with van der Waals surface area (Å²) in [5.74, 6) is 0. The van der Waals surface area contributed by atoms with Gasteiger partial charge in [-0.2, -0.15) is 0 Å². The first-order chi connectivity index (χ1) is 8.29. The highest BCUT2D eigenvalue weighted by Crippen LogP contribution is 2.16. The van der Waals surface area contributed by atoms with Crippen molar-refractivity contribution in [3.63, 3.8) is 0 Å². The predicted octanol–water partition coefficient (Wildman–Crippen LogP) is 2.21. The van der Waals surface area contributed by atoms with Crippen molar-refractivity contribution >= 4 is 0 Å². The summed E-state index contributed by atoms with van der Waals surface area (Å²) in [5.41, 5.74) is 2.96. The molecule has 92 valence electrons. The molecule has 1 heterocycles. The Balaban J connectivity index is 1.87. The highest BCUT2D eigenvalue weighted by atomic mass is 15.1. The molecule has 0 spiro atoms. The Bertz CT molecular complexity index is 373. The molecule has 1 atom stereocenters. The highest BCUT2D eigenvalue weighted by molar-refractivity contribution is 5.29. The number of hydrogen-bond donors (Lipinski definition) is 1. The third kappa shape index (κ3) is 3.42. The molecule has 1 aromatic rings. The highest BCUT2D eigenvalue weighted by Gasteiger charge is 2.18. The van der Waals surface area contributed by atoms with E-state index < -0.39 is 0 Å². The van der Waals surface area contributed by atoms with Gasteiger partial charge in [0.15, 0.2) is 0 Å². The summed E-state index contributed by atoms with van der Waals surface area (Å²) in [6.45, 7) is 6.99. The monoisotopic (exact) mass is 230 g/mol. The van der Waals surface area contributed by atoms with Gasteiger partial charge in [-0.25, -0.2) is 0 Å². The molecule has 2 nitrogen and oxygen atoms in total. The molecular formula is C15H22N2. The minimum absolute atomic E-state index is 0.583. The summed E-state index contributed by atoms with van der Waals surface area (Å²) in [5, 5.41) is 3.62. The second-order valence-corrected chi connectivity index (χ2v) is 4.89. The van der Waals surface area contributed by atoms with E-state index in [1.807, 2.05) is 6.08 Å². The van der Waals surface area contributed by atoms with E-state index in [0.29, 0.717) is 6.04 Å². The Kier molecular flexibility index (Phi) is 4.35. The molecule has 0 fully saturated rings. The van der Waals surface area contributed by atoms with E-state index in [4.69, 9.17) is 0 Å². The molecule has 0 bridgehead atoms. The zero-order valence-corrected chi connectivity index (χ0v) is 10.7. The van der Waals surface area contributed by atoms with Gasteiger partial charge in [0.05, 0.1) is 0 Å². The smallest absolute Gasteiger partial charge is 0.0238 e. The quantitative estimate of drug-likeness (QED) is 0.780. The van der Waals surface area contributed by atoms with Crippen molar-refractivity contribution in [1.29, 1.82) is 0 Å². The molecule has 0 saturated carbocycles. The van der Waals surface area contributed by atoms with Gasteiger partial charge >= 0.3 is 0 Å². The van der Waals surface area contributed by atoms with Crippen LogP contribution in [0, 0.1) is 0 Å². The Labute approximate surface area is 104 Å². The van der Waals surface area contributed by atoms with E-state index in [1.165, 1.54) is 11.1 Å². The van der Waals surface area contributed by atoms with Gasteiger partial charge in [0.25, 0.3) is 0 Å². The minimum Gasteiger partial charge on any atom is -0.308 e. The summed E-state index contributed by atoms with van der Waals surface area (Å²) in [6, 6.07) is 9.33. The number of hydrogen-bond acceptors (Lipinski definition) is 2. The van der Waals surface area contributed by atoms with Crippen LogP contribution in [0.5, 0.6) is 0 Å². The van der Waals surface area contributed by atoms with Gasteiger partial charge in [-0.05, 0) is 31.0 Å². The van der Waals surface area contributed by atoms with Gasteiger partial charge in [-0.3, -0.25) is 0 Å². The molecule has 2 heteroatoms. The van der Waals surface area contributed by atoms with Gasteiger partial charge < -0.3 is 10.2 Å². The fourth-order valence-electron chi connectivity index (χ4n) is 2.43. The van der Waals surface area contributed by atoms with Gasteiger partial charge in [0.2, 0.25) is 0 Å². The van der Waals surface area contributed by atoms with Crippen molar-refractivity contribution in [1.82, 2.24) is 10.2 Å². The van der Waals surface area contributed by atoms with Crippen LogP contribution in [0.1, 0.15) is 17.5 Å². The van der Waals surface area contributed by atoms with Crippen molar-refractivity contribution in [2.45, 2.75) is 25.4 Å². The first-order valence-electron chi connectivity index (χ1n) is 6.39. The van der Waals surface area contributed by atoms with Crippen molar-refractivity contribution in [2.24, 2.45) is 0 Å². The Morgan fingerprint density at radius 3 is 2.94 bits per heavy atom. The van der Waals surface area contributed by atoms with Crippen molar-refractivity contribution in [3.8, 4) is 0 Å². The van der Waals surface area contributed by atoms with Gasteiger partial charge in [-0.15, -0.1) is 6.58 Å². The fraction of sp³-hybridized carbons (Fsp3) is 0.467. The summed E-state index contributed by atoms with van der Waals surface area (Å²) < 4.78 is 0. The molecular weight excluding hydrogens is 208 g/mol. The summed E-state index contributed by atoms with van der Waals surface area (Å²) in [7, 11) is 2.19. The van der Waals surface area contributed by atoms with E-state index >= 15 is 0 Å². The van der Waals surface area contributed by atoms with E-state index in [-0.39, 0.29) is 0 Å². The third-order valence-corrected chi connectivity index (χ3v) is 3.41. The SMILES string of the molecule is C=CCCN(C)CC1Cc2ccccc2CN1. The normalized spacial score (nSPS) is 19.1. The molecule has 0 aliphatic carbocycles. The summed E-state index contributed by atoms with van der Waals surface area (Å²) in [6.07, 6.45) is 4.20. The lowest BCUT2D eigenvalue weighted by atomic mass is 9.96. The molecule has 1 aliphatic rings. The number of nitrogens with one attached hydrogen (secondary N) is 1. The number of fused-ring (bicyclic) bond motifs is 1. The lowest BCUT2D eigenvalue weighted by molar-refractivity contribution is 0.285. The van der Waals surface area contributed by atoms with Crippen LogP contribution in [0.15, 0.2) is 36.9 Å². The molecule has 0 aromatic heterocycles. The molecule has 17 heavy (non-hydrogen) atoms. The van der Waals surface area contributed by atoms with E-state index in [2.05, 4.69) is 48.1 Å². The average Bonchev–Trinajstić information content (AvgIpc) is 2.36. The standard InChI is InChI=1S/C15H22N2/c1-3-4-9-17(2)12-15-10-13-7-5-6-8-14(13)11-16-15/h3,5-8,15-16H,1,4,9-12H2,2H3. The van der Waals surface area contributed by atoms with Crippen LogP contribution in [0.2, 0.25) is 0 Å². The van der Waals surface area contributed by atoms with Crippen LogP contribution in [0.4, 0.5) is 0 Å². The maximum absolute atomic E-state index is 3.77. The fourth-order valence-corrected chi connectivity index (χ4v) is 2.43. The third-order valence-electron chi connectivity index (χ3n) is 3.41. The first kappa shape index (κ1) is 12.3. The maximum atomic E-state index is 3.77. The zero-order chi connectivity index (χ0) is 12.1. The van der Waals surface area contributed by atoms with Crippen LogP contribution in [0.3, 0.4) is 0 Å². The lowest BCUT2D eigenvalue weighted by Gasteiger charge is -2.29. The maximum Gasteiger partial charge on any atom is 0.0238 e. The van der Waals surface area contributed by atoms with Crippen molar-refractivity contribution in [2.75, 3.05) is 20.1 Å². The Hall–Kier alpha value is -1.12. The van der Waals surface area contributed by atoms with Gasteiger partial charge in [0, 0.05) is 25.7 Å². The molecule has 1 N–H and O–H groups in total. The summed E-state index contributed by atoms with van der Waals surface area (Å²) in [4.78, 5) is 2.38. The molecule has 1 aliphatic heterocycles. The Morgan fingerprint density at radius 2 is 2.18 bits per heavy atom. The van der Waals surface area contributed by atoms with Crippen LogP contribution < -0.4 is 5.32 Å². The van der Waals surface area contributed by atoms with Crippen molar-refractivity contribution < 1.29 is 0 Å². The average molecular weight is 230 g/mol. The largest absolute Gasteiger partial charge is 0.308 e. The van der Waals surface area contributed by atoms with Crippen molar-refractivity contribution in [3.05, 3.63) is 48.0 Å². The van der Waals surface area contributed by atoms with E-state index in [0.717, 1.165) is 32.5 Å². The number of benzene rings is 1. The zero-order valence-electron chi connectivity index (χ0n) is 10.7. The van der Waals surface area contributed by atoms with E-state index in [1.54, 1.807) is 0 Å². The molecule has 0 radical (unpaired) electrons. The Morgan fingerprint density at radius 1 is 1.41 bits per heavy atom.